The predicted octanol–water partition coefficient (Wildman–Crippen LogP) is 1.98. The molecule has 0 bridgehead atoms. The molecule has 0 fully saturated rings. The van der Waals surface area contributed by atoms with Crippen LogP contribution in [0.25, 0.3) is 0 Å². The van der Waals surface area contributed by atoms with Gasteiger partial charge in [-0.2, -0.15) is 0 Å². The molecule has 7 heteroatoms. The third-order valence-electron chi connectivity index (χ3n) is 1.89. The first-order valence-electron chi connectivity index (χ1n) is 4.56. The van der Waals surface area contributed by atoms with Gasteiger partial charge in [0, 0.05) is 7.11 Å². The highest BCUT2D eigenvalue weighted by molar-refractivity contribution is 7.92. The van der Waals surface area contributed by atoms with Gasteiger partial charge in [-0.1, -0.05) is 29.3 Å². The van der Waals surface area contributed by atoms with Crippen LogP contribution in [0.1, 0.15) is 0 Å². The molecule has 1 aromatic carbocycles. The molecule has 4 nitrogen and oxygen atoms in total. The number of sulfone groups is 1. The molecule has 0 aliphatic rings. The van der Waals surface area contributed by atoms with E-state index in [4.69, 9.17) is 23.2 Å². The van der Waals surface area contributed by atoms with E-state index in [1.165, 1.54) is 25.3 Å². The Morgan fingerprint density at radius 3 is 2.29 bits per heavy atom. The van der Waals surface area contributed by atoms with Crippen LogP contribution in [-0.4, -0.2) is 33.7 Å². The zero-order valence-corrected chi connectivity index (χ0v) is 11.3. The maximum absolute atomic E-state index is 11.9. The van der Waals surface area contributed by atoms with Gasteiger partial charge in [-0.3, -0.25) is 4.79 Å². The van der Waals surface area contributed by atoms with Crippen LogP contribution in [0.2, 0.25) is 10.0 Å². The SMILES string of the molecule is COCC(=O)CS(=O)(=O)c1c(Cl)cccc1Cl. The number of hydrogen-bond acceptors (Lipinski definition) is 4. The maximum Gasteiger partial charge on any atom is 0.188 e. The van der Waals surface area contributed by atoms with Crippen LogP contribution >= 0.6 is 23.2 Å². The highest BCUT2D eigenvalue weighted by Crippen LogP contribution is 2.29. The van der Waals surface area contributed by atoms with E-state index in [2.05, 4.69) is 4.74 Å². The number of ether oxygens (including phenoxy) is 1. The number of halogens is 2. The molecule has 0 radical (unpaired) electrons. The van der Waals surface area contributed by atoms with Crippen molar-refractivity contribution in [3.63, 3.8) is 0 Å². The molecule has 0 spiro atoms. The van der Waals surface area contributed by atoms with E-state index in [-0.39, 0.29) is 21.5 Å². The first-order chi connectivity index (χ1) is 7.88. The molecule has 1 aromatic rings. The minimum absolute atomic E-state index is 0.00252. The molecule has 0 saturated carbocycles. The standard InChI is InChI=1S/C10H10Cl2O4S/c1-16-5-7(13)6-17(14,15)10-8(11)3-2-4-9(10)12/h2-4H,5-6H2,1H3. The fourth-order valence-electron chi connectivity index (χ4n) is 1.27. The lowest BCUT2D eigenvalue weighted by molar-refractivity contribution is -0.120. The summed E-state index contributed by atoms with van der Waals surface area (Å²) in [7, 11) is -2.52. The van der Waals surface area contributed by atoms with Crippen molar-refractivity contribution in [2.24, 2.45) is 0 Å². The molecule has 0 aliphatic carbocycles. The van der Waals surface area contributed by atoms with Crippen molar-refractivity contribution in [1.82, 2.24) is 0 Å². The number of carbonyl (C=O) groups excluding carboxylic acids is 1. The normalized spacial score (nSPS) is 11.5. The molecular weight excluding hydrogens is 287 g/mol. The molecule has 0 amide bonds. The van der Waals surface area contributed by atoms with Gasteiger partial charge in [0.15, 0.2) is 15.6 Å². The summed E-state index contributed by atoms with van der Waals surface area (Å²) in [6, 6.07) is 4.34. The van der Waals surface area contributed by atoms with E-state index in [0.29, 0.717) is 0 Å². The maximum atomic E-state index is 11.9. The quantitative estimate of drug-likeness (QED) is 0.834. The van der Waals surface area contributed by atoms with Gasteiger partial charge in [0.2, 0.25) is 0 Å². The summed E-state index contributed by atoms with van der Waals surface area (Å²) in [6.07, 6.45) is 0. The lowest BCUT2D eigenvalue weighted by Gasteiger charge is -2.07. The van der Waals surface area contributed by atoms with Gasteiger partial charge < -0.3 is 4.74 Å². The molecule has 17 heavy (non-hydrogen) atoms. The lowest BCUT2D eigenvalue weighted by atomic mass is 10.4. The van der Waals surface area contributed by atoms with Crippen molar-refractivity contribution in [2.75, 3.05) is 19.5 Å². The molecule has 0 aromatic heterocycles. The average Bonchev–Trinajstić information content (AvgIpc) is 2.15. The minimum atomic E-state index is -3.84. The number of carbonyl (C=O) groups is 1. The van der Waals surface area contributed by atoms with Gasteiger partial charge >= 0.3 is 0 Å². The third-order valence-corrected chi connectivity index (χ3v) is 4.50. The van der Waals surface area contributed by atoms with E-state index >= 15 is 0 Å². The van der Waals surface area contributed by atoms with Gasteiger partial charge in [0.05, 0.1) is 10.0 Å². The highest BCUT2D eigenvalue weighted by Gasteiger charge is 2.24. The largest absolute Gasteiger partial charge is 0.377 e. The smallest absolute Gasteiger partial charge is 0.188 e. The summed E-state index contributed by atoms with van der Waals surface area (Å²) in [6.45, 7) is -0.263. The van der Waals surface area contributed by atoms with Crippen molar-refractivity contribution in [1.29, 1.82) is 0 Å². The second-order valence-electron chi connectivity index (χ2n) is 3.28. The molecule has 0 heterocycles. The molecule has 1 rings (SSSR count). The second-order valence-corrected chi connectivity index (χ2v) is 6.02. The van der Waals surface area contributed by atoms with Crippen molar-refractivity contribution < 1.29 is 17.9 Å². The Morgan fingerprint density at radius 1 is 1.29 bits per heavy atom. The monoisotopic (exact) mass is 296 g/mol. The summed E-state index contributed by atoms with van der Waals surface area (Å²) >= 11 is 11.5. The Bertz CT molecular complexity index is 505. The first-order valence-corrected chi connectivity index (χ1v) is 6.96. The summed E-state index contributed by atoms with van der Waals surface area (Å²) in [5.74, 6) is -1.23. The zero-order chi connectivity index (χ0) is 13.1. The van der Waals surface area contributed by atoms with Crippen molar-refractivity contribution in [3.05, 3.63) is 28.2 Å². The first kappa shape index (κ1) is 14.4. The van der Waals surface area contributed by atoms with Crippen LogP contribution < -0.4 is 0 Å². The lowest BCUT2D eigenvalue weighted by Crippen LogP contribution is -2.20. The Kier molecular flexibility index (Phi) is 4.94. The second kappa shape index (κ2) is 5.82. The summed E-state index contributed by atoms with van der Waals surface area (Å²) in [4.78, 5) is 11.0. The fourth-order valence-corrected chi connectivity index (χ4v) is 3.75. The Balaban J connectivity index is 3.10. The van der Waals surface area contributed by atoms with Crippen molar-refractivity contribution in [3.8, 4) is 0 Å². The molecule has 0 N–H and O–H groups in total. The number of methoxy groups -OCH3 is 1. The Morgan fingerprint density at radius 2 is 1.82 bits per heavy atom. The number of hydrogen-bond donors (Lipinski definition) is 0. The number of ketones is 1. The van der Waals surface area contributed by atoms with E-state index in [1.807, 2.05) is 0 Å². The van der Waals surface area contributed by atoms with Crippen LogP contribution in [0, 0.1) is 0 Å². The zero-order valence-electron chi connectivity index (χ0n) is 8.94. The topological polar surface area (TPSA) is 60.4 Å². The van der Waals surface area contributed by atoms with Crippen molar-refractivity contribution >= 4 is 38.8 Å². The molecule has 94 valence electrons. The molecule has 0 saturated heterocycles. The number of rotatable bonds is 5. The minimum Gasteiger partial charge on any atom is -0.377 e. The summed E-state index contributed by atoms with van der Waals surface area (Å²) in [5, 5.41) is 0.00503. The molecule has 0 aliphatic heterocycles. The van der Waals surface area contributed by atoms with Crippen LogP contribution in [0.15, 0.2) is 23.1 Å². The summed E-state index contributed by atoms with van der Waals surface area (Å²) in [5.41, 5.74) is 0. The summed E-state index contributed by atoms with van der Waals surface area (Å²) < 4.78 is 28.4. The van der Waals surface area contributed by atoms with E-state index in [0.717, 1.165) is 0 Å². The van der Waals surface area contributed by atoms with Gasteiger partial charge in [-0.25, -0.2) is 8.42 Å². The predicted molar refractivity (Wildman–Crippen MR) is 65.4 cm³/mol. The molecule has 0 unspecified atom stereocenters. The van der Waals surface area contributed by atoms with Crippen LogP contribution in [0.4, 0.5) is 0 Å². The Labute approximate surface area is 109 Å². The van der Waals surface area contributed by atoms with E-state index in [1.54, 1.807) is 0 Å². The number of benzene rings is 1. The van der Waals surface area contributed by atoms with Gasteiger partial charge in [-0.05, 0) is 12.1 Å². The third kappa shape index (κ3) is 3.67. The molecule has 0 atom stereocenters. The van der Waals surface area contributed by atoms with Gasteiger partial charge in [-0.15, -0.1) is 0 Å². The van der Waals surface area contributed by atoms with Crippen molar-refractivity contribution in [2.45, 2.75) is 4.90 Å². The fraction of sp³-hybridized carbons (Fsp3) is 0.300. The average molecular weight is 297 g/mol. The van der Waals surface area contributed by atoms with Crippen LogP contribution in [0.5, 0.6) is 0 Å². The molecular formula is C10H10Cl2O4S. The number of Topliss-reactive ketones (excluding diaryl/α,β-unsaturated/α-hetero) is 1. The van der Waals surface area contributed by atoms with Crippen LogP contribution in [-0.2, 0) is 19.4 Å². The van der Waals surface area contributed by atoms with Crippen LogP contribution in [0.3, 0.4) is 0 Å². The van der Waals surface area contributed by atoms with E-state index < -0.39 is 21.4 Å². The van der Waals surface area contributed by atoms with E-state index in [9.17, 15) is 13.2 Å². The highest BCUT2D eigenvalue weighted by atomic mass is 35.5. The van der Waals surface area contributed by atoms with Gasteiger partial charge in [0.25, 0.3) is 0 Å². The Hall–Kier alpha value is -0.620. The van der Waals surface area contributed by atoms with Gasteiger partial charge in [0.1, 0.15) is 17.3 Å².